The third-order valence-electron chi connectivity index (χ3n) is 7.72. The number of nitrogens with two attached hydrogens (primary N) is 1. The number of carbonyl (C=O) groups excluding carboxylic acids is 2. The van der Waals surface area contributed by atoms with Gasteiger partial charge in [-0.05, 0) is 68.8 Å². The standard InChI is InChI=1S/C29H29FN4O5/c1-28(26(31)36)15-39-25-19(28)14-23(32-24(25)16-5-8-18(30)9-6-16)29(2,38)12-11-22(35)17-7-10-20-21(13-17)34(4)27(37)33(20)3/h5-10,13-14,38H,11-12,15H2,1-4H3,(H2,31,36)/t28-,29-/m0/s1. The molecule has 0 fully saturated rings. The maximum Gasteiger partial charge on any atom is 0.328 e. The maximum absolute atomic E-state index is 13.6. The number of benzene rings is 2. The SMILES string of the molecule is Cn1c(=O)n(C)c2cc(C(=O)CC[C@](C)(O)c3cc4c(c(-c5ccc(F)cc5)n3)OC[C@]4(C)C(N)=O)ccc21. The van der Waals surface area contributed by atoms with Crippen LogP contribution in [0.25, 0.3) is 22.3 Å². The second kappa shape index (κ2) is 9.16. The molecule has 10 heteroatoms. The normalized spacial score (nSPS) is 18.0. The lowest BCUT2D eigenvalue weighted by Gasteiger charge is -2.26. The number of halogens is 1. The number of ether oxygens (including phenoxy) is 1. The van der Waals surface area contributed by atoms with Crippen molar-refractivity contribution in [2.24, 2.45) is 19.8 Å². The van der Waals surface area contributed by atoms with Gasteiger partial charge in [-0.1, -0.05) is 0 Å². The van der Waals surface area contributed by atoms with E-state index in [-0.39, 0.29) is 36.6 Å². The van der Waals surface area contributed by atoms with Crippen LogP contribution >= 0.6 is 0 Å². The molecule has 3 heterocycles. The first-order valence-electron chi connectivity index (χ1n) is 12.5. The fourth-order valence-electron chi connectivity index (χ4n) is 4.98. The smallest absolute Gasteiger partial charge is 0.328 e. The van der Waals surface area contributed by atoms with Crippen LogP contribution in [0.3, 0.4) is 0 Å². The monoisotopic (exact) mass is 532 g/mol. The van der Waals surface area contributed by atoms with Crippen LogP contribution in [-0.4, -0.2) is 37.5 Å². The molecule has 4 aromatic rings. The third-order valence-corrected chi connectivity index (χ3v) is 7.72. The number of aromatic nitrogens is 3. The second-order valence-corrected chi connectivity index (χ2v) is 10.5. The van der Waals surface area contributed by atoms with E-state index < -0.39 is 22.7 Å². The highest BCUT2D eigenvalue weighted by atomic mass is 19.1. The lowest BCUT2D eigenvalue weighted by atomic mass is 9.81. The zero-order valence-electron chi connectivity index (χ0n) is 22.1. The quantitative estimate of drug-likeness (QED) is 0.352. The molecule has 3 N–H and O–H groups in total. The van der Waals surface area contributed by atoms with E-state index in [1.54, 1.807) is 52.2 Å². The Bertz CT molecular complexity index is 1700. The molecule has 5 rings (SSSR count). The van der Waals surface area contributed by atoms with Crippen LogP contribution in [-0.2, 0) is 29.9 Å². The fourth-order valence-corrected chi connectivity index (χ4v) is 4.98. The Balaban J connectivity index is 1.49. The van der Waals surface area contributed by atoms with Crippen molar-refractivity contribution in [2.45, 2.75) is 37.7 Å². The van der Waals surface area contributed by atoms with Crippen molar-refractivity contribution in [2.75, 3.05) is 6.61 Å². The van der Waals surface area contributed by atoms with Gasteiger partial charge in [0, 0.05) is 37.2 Å². The number of hydrogen-bond acceptors (Lipinski definition) is 6. The summed E-state index contributed by atoms with van der Waals surface area (Å²) in [5, 5.41) is 11.5. The molecule has 0 aliphatic carbocycles. The summed E-state index contributed by atoms with van der Waals surface area (Å²) in [6.07, 6.45) is 0.0217. The number of pyridine rings is 1. The Hall–Kier alpha value is -4.31. The van der Waals surface area contributed by atoms with E-state index in [0.717, 1.165) is 0 Å². The van der Waals surface area contributed by atoms with Crippen LogP contribution < -0.4 is 16.2 Å². The first kappa shape index (κ1) is 26.3. The summed E-state index contributed by atoms with van der Waals surface area (Å²) >= 11 is 0. The highest BCUT2D eigenvalue weighted by Gasteiger charge is 2.45. The van der Waals surface area contributed by atoms with Crippen LogP contribution in [0.2, 0.25) is 0 Å². The number of fused-ring (bicyclic) bond motifs is 2. The summed E-state index contributed by atoms with van der Waals surface area (Å²) in [7, 11) is 3.31. The first-order chi connectivity index (χ1) is 18.3. The zero-order chi connectivity index (χ0) is 28.3. The molecule has 9 nitrogen and oxygen atoms in total. The van der Waals surface area contributed by atoms with Crippen molar-refractivity contribution in [1.82, 2.24) is 14.1 Å². The number of aryl methyl sites for hydroxylation is 2. The summed E-state index contributed by atoms with van der Waals surface area (Å²) in [6, 6.07) is 12.3. The Morgan fingerprint density at radius 3 is 2.46 bits per heavy atom. The number of carbonyl (C=O) groups is 2. The minimum absolute atomic E-state index is 0.00207. The topological polar surface area (TPSA) is 129 Å². The van der Waals surface area contributed by atoms with Gasteiger partial charge in [-0.3, -0.25) is 18.7 Å². The minimum atomic E-state index is -1.57. The molecule has 202 valence electrons. The number of ketones is 1. The van der Waals surface area contributed by atoms with Crippen LogP contribution in [0, 0.1) is 5.82 Å². The molecular formula is C29H29FN4O5. The molecule has 2 aromatic carbocycles. The van der Waals surface area contributed by atoms with Crippen molar-refractivity contribution in [3.8, 4) is 17.0 Å². The highest BCUT2D eigenvalue weighted by molar-refractivity contribution is 5.99. The second-order valence-electron chi connectivity index (χ2n) is 10.5. The lowest BCUT2D eigenvalue weighted by Crippen LogP contribution is -2.40. The van der Waals surface area contributed by atoms with Crippen molar-refractivity contribution in [1.29, 1.82) is 0 Å². The van der Waals surface area contributed by atoms with Gasteiger partial charge in [-0.15, -0.1) is 0 Å². The molecule has 0 bridgehead atoms. The van der Waals surface area contributed by atoms with Gasteiger partial charge >= 0.3 is 5.69 Å². The van der Waals surface area contributed by atoms with Gasteiger partial charge < -0.3 is 15.6 Å². The molecule has 0 saturated carbocycles. The van der Waals surface area contributed by atoms with Crippen molar-refractivity contribution in [3.05, 3.63) is 81.7 Å². The Morgan fingerprint density at radius 2 is 1.79 bits per heavy atom. The van der Waals surface area contributed by atoms with E-state index >= 15 is 0 Å². The van der Waals surface area contributed by atoms with Crippen molar-refractivity contribution < 1.29 is 23.8 Å². The van der Waals surface area contributed by atoms with Gasteiger partial charge in [0.2, 0.25) is 5.91 Å². The largest absolute Gasteiger partial charge is 0.489 e. The molecule has 2 aromatic heterocycles. The highest BCUT2D eigenvalue weighted by Crippen LogP contribution is 2.46. The minimum Gasteiger partial charge on any atom is -0.489 e. The number of hydrogen-bond donors (Lipinski definition) is 2. The van der Waals surface area contributed by atoms with E-state index in [9.17, 15) is 23.9 Å². The molecule has 0 saturated heterocycles. The molecule has 39 heavy (non-hydrogen) atoms. The lowest BCUT2D eigenvalue weighted by molar-refractivity contribution is -0.123. The summed E-state index contributed by atoms with van der Waals surface area (Å²) in [4.78, 5) is 42.4. The van der Waals surface area contributed by atoms with Crippen LogP contribution in [0.1, 0.15) is 48.3 Å². The van der Waals surface area contributed by atoms with E-state index in [4.69, 9.17) is 10.5 Å². The summed E-state index contributed by atoms with van der Waals surface area (Å²) in [5.41, 5.74) is 6.15. The summed E-state index contributed by atoms with van der Waals surface area (Å²) in [5.74, 6) is -0.878. The van der Waals surface area contributed by atoms with Gasteiger partial charge in [-0.25, -0.2) is 14.2 Å². The van der Waals surface area contributed by atoms with Gasteiger partial charge in [0.1, 0.15) is 34.9 Å². The first-order valence-corrected chi connectivity index (χ1v) is 12.5. The van der Waals surface area contributed by atoms with E-state index in [1.165, 1.54) is 33.4 Å². The predicted octanol–water partition coefficient (Wildman–Crippen LogP) is 3.08. The molecule has 0 radical (unpaired) electrons. The molecule has 0 unspecified atom stereocenters. The molecule has 2 atom stereocenters. The molecule has 1 aliphatic heterocycles. The fraction of sp³-hybridized carbons (Fsp3) is 0.310. The van der Waals surface area contributed by atoms with Crippen LogP contribution in [0.4, 0.5) is 4.39 Å². The summed E-state index contributed by atoms with van der Waals surface area (Å²) < 4.78 is 22.5. The molecular weight excluding hydrogens is 503 g/mol. The maximum atomic E-state index is 13.6. The van der Waals surface area contributed by atoms with Crippen LogP contribution in [0.5, 0.6) is 5.75 Å². The van der Waals surface area contributed by atoms with Crippen molar-refractivity contribution in [3.63, 3.8) is 0 Å². The van der Waals surface area contributed by atoms with Crippen molar-refractivity contribution >= 4 is 22.7 Å². The average Bonchev–Trinajstić information content (AvgIpc) is 3.37. The summed E-state index contributed by atoms with van der Waals surface area (Å²) in [6.45, 7) is 3.21. The Morgan fingerprint density at radius 1 is 1.13 bits per heavy atom. The van der Waals surface area contributed by atoms with E-state index in [1.807, 2.05) is 0 Å². The van der Waals surface area contributed by atoms with Gasteiger partial charge in [-0.2, -0.15) is 0 Å². The number of nitrogens with zero attached hydrogens (tertiary/aromatic N) is 3. The van der Waals surface area contributed by atoms with Crippen LogP contribution in [0.15, 0.2) is 53.3 Å². The van der Waals surface area contributed by atoms with E-state index in [0.29, 0.717) is 39.2 Å². The number of Topliss-reactive ketones (excluding diaryl/α,β-unsaturated/α-hetero) is 1. The zero-order valence-corrected chi connectivity index (χ0v) is 22.1. The Kier molecular flexibility index (Phi) is 6.18. The number of aliphatic hydroxyl groups is 1. The molecule has 0 spiro atoms. The van der Waals surface area contributed by atoms with E-state index in [2.05, 4.69) is 4.98 Å². The average molecular weight is 533 g/mol. The molecule has 1 aliphatic rings. The Labute approximate surface area is 223 Å². The predicted molar refractivity (Wildman–Crippen MR) is 143 cm³/mol. The van der Waals surface area contributed by atoms with Gasteiger partial charge in [0.05, 0.1) is 16.7 Å². The van der Waals surface area contributed by atoms with Gasteiger partial charge in [0.25, 0.3) is 0 Å². The van der Waals surface area contributed by atoms with Gasteiger partial charge in [0.15, 0.2) is 5.78 Å². The number of imidazole rings is 1. The molecule has 1 amide bonds. The number of primary amides is 1. The number of rotatable bonds is 7. The number of amides is 1. The third kappa shape index (κ3) is 4.30.